The number of aromatic nitrogens is 3. The van der Waals surface area contributed by atoms with Crippen LogP contribution in [0, 0.1) is 5.92 Å². The summed E-state index contributed by atoms with van der Waals surface area (Å²) in [6.45, 7) is 1.47. The van der Waals surface area contributed by atoms with Gasteiger partial charge in [-0.1, -0.05) is 41.9 Å². The van der Waals surface area contributed by atoms with Gasteiger partial charge in [0.05, 0.1) is 29.7 Å². The molecule has 2 N–H and O–H groups in total. The fraction of sp³-hybridized carbons (Fsp3) is 0.429. The summed E-state index contributed by atoms with van der Waals surface area (Å²) in [6.07, 6.45) is -8.95. The second kappa shape index (κ2) is 15.2. The Morgan fingerprint density at radius 3 is 2.33 bits per heavy atom. The number of alkyl halides is 6. The number of fused-ring (bicyclic) bond motifs is 3. The van der Waals surface area contributed by atoms with Gasteiger partial charge < -0.3 is 24.1 Å². The molecule has 18 heteroatoms. The Balaban J connectivity index is 1.04. The summed E-state index contributed by atoms with van der Waals surface area (Å²) in [5.74, 6) is -2.49. The fourth-order valence-electron chi connectivity index (χ4n) is 9.37. The number of aliphatic hydroxyl groups excluding tert-OH is 1. The maximum atomic E-state index is 14.8. The number of carboxylic acid groups (broad SMARTS) is 1. The zero-order valence-corrected chi connectivity index (χ0v) is 32.8. The van der Waals surface area contributed by atoms with E-state index >= 15 is 0 Å². The molecular weight excluding hydrogens is 820 g/mol. The molecule has 4 aliphatic rings. The molecule has 0 amide bonds. The van der Waals surface area contributed by atoms with Crippen LogP contribution in [0.2, 0.25) is 5.02 Å². The minimum Gasteiger partial charge on any atom is -0.481 e. The molecule has 11 nitrogen and oxygen atoms in total. The standard InChI is InChI=1S/C42H38ClF6N5O6/c1-58-38-30(19-53-14-13-21(55)18-53)50-36(42(47,48)49)39(52-38)59-32-11-9-23-22(4-2-5-24(23)32)26-6-3-7-27(34(26)43)37-51-29-16-28-25(33(35(29)60-37)41(44,45)46)8-10-31(28)54-15-12-20(17-54)40(56)57/h2-7,16,20-21,31-32,55H,8-15,17-19H2,1H3,(H,56,57)/t20-,21-,31-,32+/m1/s1. The predicted molar refractivity (Wildman–Crippen MR) is 204 cm³/mol. The summed E-state index contributed by atoms with van der Waals surface area (Å²) in [5.41, 5.74) is 0.678. The molecule has 2 aliphatic heterocycles. The predicted octanol–water partition coefficient (Wildman–Crippen LogP) is 8.68. The Labute approximate surface area is 343 Å². The molecule has 0 bridgehead atoms. The maximum absolute atomic E-state index is 14.8. The number of likely N-dealkylation sites (tertiary alicyclic amines) is 2. The van der Waals surface area contributed by atoms with Crippen LogP contribution in [0.4, 0.5) is 26.3 Å². The van der Waals surface area contributed by atoms with Gasteiger partial charge in [-0.15, -0.1) is 0 Å². The highest BCUT2D eigenvalue weighted by Gasteiger charge is 2.45. The van der Waals surface area contributed by atoms with Gasteiger partial charge in [0, 0.05) is 37.8 Å². The number of hydrogen-bond donors (Lipinski definition) is 2. The number of aliphatic hydroxyl groups is 1. The van der Waals surface area contributed by atoms with Crippen molar-refractivity contribution >= 4 is 28.7 Å². The number of carboxylic acids is 1. The fourth-order valence-corrected chi connectivity index (χ4v) is 9.67. The van der Waals surface area contributed by atoms with Gasteiger partial charge >= 0.3 is 18.3 Å². The summed E-state index contributed by atoms with van der Waals surface area (Å²) >= 11 is 7.06. The SMILES string of the molecule is COc1nc(O[C@H]2CCc3c(-c4cccc(-c5nc6cc7c(c(C(F)(F)F)c6o5)CC[C@H]7N5CC[C@@H](C(=O)O)C5)c4Cl)cccc32)c(C(F)(F)F)nc1CN1CC[C@@H](O)C1. The number of halogens is 7. The molecule has 0 unspecified atom stereocenters. The first-order valence-corrected chi connectivity index (χ1v) is 20.0. The van der Waals surface area contributed by atoms with E-state index in [1.54, 1.807) is 47.4 Å². The van der Waals surface area contributed by atoms with Gasteiger partial charge in [-0.25, -0.2) is 9.97 Å². The van der Waals surface area contributed by atoms with Gasteiger partial charge in [0.15, 0.2) is 5.58 Å². The van der Waals surface area contributed by atoms with Crippen LogP contribution < -0.4 is 9.47 Å². The Morgan fingerprint density at radius 2 is 1.63 bits per heavy atom. The lowest BCUT2D eigenvalue weighted by molar-refractivity contribution is -0.144. The van der Waals surface area contributed by atoms with Crippen LogP contribution >= 0.6 is 11.6 Å². The highest BCUT2D eigenvalue weighted by molar-refractivity contribution is 6.36. The van der Waals surface area contributed by atoms with E-state index in [1.165, 1.54) is 7.11 Å². The molecule has 4 atom stereocenters. The molecule has 2 aromatic heterocycles. The Kier molecular flexibility index (Phi) is 10.2. The Hall–Kier alpha value is -4.97. The van der Waals surface area contributed by atoms with Crippen molar-refractivity contribution in [2.45, 2.75) is 75.7 Å². The van der Waals surface area contributed by atoms with Crippen LogP contribution in [0.25, 0.3) is 33.7 Å². The number of carbonyl (C=O) groups is 1. The smallest absolute Gasteiger partial charge is 0.438 e. The zero-order chi connectivity index (χ0) is 42.2. The molecule has 3 aromatic carbocycles. The molecule has 9 rings (SSSR count). The van der Waals surface area contributed by atoms with Gasteiger partial charge in [0.25, 0.3) is 0 Å². The van der Waals surface area contributed by atoms with Gasteiger partial charge in [0.2, 0.25) is 23.3 Å². The molecule has 0 radical (unpaired) electrons. The minimum absolute atomic E-state index is 0.000137. The maximum Gasteiger partial charge on any atom is 0.438 e. The van der Waals surface area contributed by atoms with Crippen molar-refractivity contribution < 1.29 is 55.2 Å². The van der Waals surface area contributed by atoms with Crippen molar-refractivity contribution in [1.29, 1.82) is 0 Å². The van der Waals surface area contributed by atoms with E-state index in [0.717, 1.165) is 5.56 Å². The van der Waals surface area contributed by atoms with Crippen molar-refractivity contribution in [1.82, 2.24) is 24.8 Å². The van der Waals surface area contributed by atoms with Crippen molar-refractivity contribution in [3.63, 3.8) is 0 Å². The molecule has 60 heavy (non-hydrogen) atoms. The number of oxazole rings is 1. The van der Waals surface area contributed by atoms with E-state index in [1.807, 2.05) is 4.90 Å². The number of nitrogens with zero attached hydrogens (tertiary/aromatic N) is 5. The minimum atomic E-state index is -4.90. The topological polar surface area (TPSA) is 134 Å². The number of ether oxygens (including phenoxy) is 2. The van der Waals surface area contributed by atoms with Gasteiger partial charge in [-0.3, -0.25) is 14.6 Å². The molecule has 2 saturated heterocycles. The monoisotopic (exact) mass is 857 g/mol. The number of aliphatic carboxylic acids is 1. The largest absolute Gasteiger partial charge is 0.481 e. The lowest BCUT2D eigenvalue weighted by atomic mass is 9.95. The van der Waals surface area contributed by atoms with Crippen molar-refractivity contribution in [2.24, 2.45) is 5.92 Å². The van der Waals surface area contributed by atoms with Crippen molar-refractivity contribution in [3.8, 4) is 34.3 Å². The van der Waals surface area contributed by atoms with Crippen LogP contribution in [0.15, 0.2) is 46.9 Å². The van der Waals surface area contributed by atoms with E-state index in [0.29, 0.717) is 67.4 Å². The number of rotatable bonds is 9. The summed E-state index contributed by atoms with van der Waals surface area (Å²) in [6, 6.07) is 11.5. The highest BCUT2D eigenvalue weighted by atomic mass is 35.5. The third-order valence-electron chi connectivity index (χ3n) is 12.1. The average Bonchev–Trinajstić information content (AvgIpc) is 4.04. The number of hydrogen-bond acceptors (Lipinski definition) is 10. The first kappa shape index (κ1) is 40.4. The second-order valence-electron chi connectivity index (χ2n) is 15.8. The van der Waals surface area contributed by atoms with Gasteiger partial charge in [-0.05, 0) is 85.0 Å². The van der Waals surface area contributed by atoms with Crippen LogP contribution in [0.1, 0.15) is 77.0 Å². The summed E-state index contributed by atoms with van der Waals surface area (Å²) in [4.78, 5) is 27.9. The lowest BCUT2D eigenvalue weighted by Crippen LogP contribution is -2.26. The zero-order valence-electron chi connectivity index (χ0n) is 32.0. The van der Waals surface area contributed by atoms with E-state index in [4.69, 9.17) is 25.5 Å². The number of methoxy groups -OCH3 is 1. The molecule has 2 fully saturated rings. The van der Waals surface area contributed by atoms with E-state index in [9.17, 15) is 41.4 Å². The molecule has 0 saturated carbocycles. The second-order valence-corrected chi connectivity index (χ2v) is 16.1. The van der Waals surface area contributed by atoms with Gasteiger partial charge in [0.1, 0.15) is 22.9 Å². The third kappa shape index (κ3) is 7.22. The van der Waals surface area contributed by atoms with Crippen LogP contribution in [-0.2, 0) is 36.5 Å². The molecule has 5 aromatic rings. The molecule has 4 heterocycles. The van der Waals surface area contributed by atoms with Crippen LogP contribution in [-0.4, -0.2) is 80.3 Å². The number of benzene rings is 3. The Morgan fingerprint density at radius 1 is 0.883 bits per heavy atom. The average molecular weight is 858 g/mol. The molecule has 2 aliphatic carbocycles. The molecule has 316 valence electrons. The quantitative estimate of drug-likeness (QED) is 0.138. The normalized spacial score (nSPS) is 22.1. The number of β-amino-alcohol motifs (C(OH)–C–C–N with tert-alkyl or cyclic N) is 1. The Bertz CT molecular complexity index is 2510. The van der Waals surface area contributed by atoms with Crippen LogP contribution in [0.5, 0.6) is 11.8 Å². The van der Waals surface area contributed by atoms with Crippen molar-refractivity contribution in [2.75, 3.05) is 33.3 Å². The summed E-state index contributed by atoms with van der Waals surface area (Å²) < 4.78 is 105. The van der Waals surface area contributed by atoms with E-state index < -0.39 is 59.2 Å². The highest BCUT2D eigenvalue weighted by Crippen LogP contribution is 2.50. The first-order valence-electron chi connectivity index (χ1n) is 19.6. The van der Waals surface area contributed by atoms with Crippen LogP contribution in [0.3, 0.4) is 0 Å². The van der Waals surface area contributed by atoms with E-state index in [2.05, 4.69) is 15.0 Å². The first-order chi connectivity index (χ1) is 28.6. The van der Waals surface area contributed by atoms with E-state index in [-0.39, 0.29) is 71.2 Å². The lowest BCUT2D eigenvalue weighted by Gasteiger charge is -2.25. The van der Waals surface area contributed by atoms with Gasteiger partial charge in [-0.2, -0.15) is 31.3 Å². The molecular formula is C42H38ClF6N5O6. The molecule has 0 spiro atoms. The third-order valence-corrected chi connectivity index (χ3v) is 12.5. The summed E-state index contributed by atoms with van der Waals surface area (Å²) in [5, 5.41) is 19.6. The van der Waals surface area contributed by atoms with Crippen molar-refractivity contribution in [3.05, 3.63) is 86.7 Å². The summed E-state index contributed by atoms with van der Waals surface area (Å²) in [7, 11) is 1.28.